The minimum absolute atomic E-state index is 0.0457. The van der Waals surface area contributed by atoms with Crippen LogP contribution >= 0.6 is 0 Å². The molecule has 0 unspecified atom stereocenters. The summed E-state index contributed by atoms with van der Waals surface area (Å²) in [5.74, 6) is 1.49. The van der Waals surface area contributed by atoms with E-state index in [1.54, 1.807) is 17.0 Å². The van der Waals surface area contributed by atoms with Gasteiger partial charge in [-0.25, -0.2) is 4.98 Å². The molecule has 1 fully saturated rings. The summed E-state index contributed by atoms with van der Waals surface area (Å²) in [5.41, 5.74) is 0.652. The number of nitrogens with zero attached hydrogens (tertiary/aromatic N) is 4. The molecule has 4 rings (SSSR count). The number of hydrogen-bond acceptors (Lipinski definition) is 7. The summed E-state index contributed by atoms with van der Waals surface area (Å²) in [6, 6.07) is 14.2. The lowest BCUT2D eigenvalue weighted by molar-refractivity contribution is -0.385. The Morgan fingerprint density at radius 3 is 2.53 bits per heavy atom. The fourth-order valence-electron chi connectivity index (χ4n) is 3.27. The van der Waals surface area contributed by atoms with Crippen LogP contribution in [0.2, 0.25) is 0 Å². The van der Waals surface area contributed by atoms with Gasteiger partial charge in [0.2, 0.25) is 0 Å². The third-order valence-corrected chi connectivity index (χ3v) is 4.91. The van der Waals surface area contributed by atoms with Crippen molar-refractivity contribution >= 4 is 17.4 Å². The van der Waals surface area contributed by atoms with E-state index < -0.39 is 4.92 Å². The maximum atomic E-state index is 12.9. The van der Waals surface area contributed by atoms with E-state index in [0.717, 1.165) is 5.75 Å². The number of para-hydroxylation sites is 1. The molecule has 0 aliphatic carbocycles. The summed E-state index contributed by atoms with van der Waals surface area (Å²) in [7, 11) is 0. The number of anilines is 1. The van der Waals surface area contributed by atoms with Crippen molar-refractivity contribution < 1.29 is 18.9 Å². The standard InChI is InChI=1S/C21H20N4O5/c26-21(20-16(8-13-29-20)15-30-18-4-2-1-3-5-18)24-11-9-23(10-12-24)19-7-6-17(14-22-19)25(27)28/h1-8,13-14H,9-12,15H2. The molecule has 0 atom stereocenters. The van der Waals surface area contributed by atoms with Gasteiger partial charge in [-0.3, -0.25) is 14.9 Å². The van der Waals surface area contributed by atoms with E-state index in [9.17, 15) is 14.9 Å². The predicted molar refractivity (Wildman–Crippen MR) is 108 cm³/mol. The van der Waals surface area contributed by atoms with E-state index in [1.807, 2.05) is 35.2 Å². The van der Waals surface area contributed by atoms with Gasteiger partial charge in [-0.1, -0.05) is 18.2 Å². The molecule has 0 saturated carbocycles. The summed E-state index contributed by atoms with van der Waals surface area (Å²) < 4.78 is 11.2. The number of rotatable bonds is 6. The molecule has 3 aromatic rings. The fourth-order valence-corrected chi connectivity index (χ4v) is 3.27. The normalized spacial score (nSPS) is 13.9. The number of pyridine rings is 1. The number of amides is 1. The third kappa shape index (κ3) is 4.24. The van der Waals surface area contributed by atoms with Crippen LogP contribution in [0.15, 0.2) is 65.4 Å². The van der Waals surface area contributed by atoms with Crippen molar-refractivity contribution in [1.29, 1.82) is 0 Å². The van der Waals surface area contributed by atoms with Gasteiger partial charge in [0.25, 0.3) is 11.6 Å². The molecule has 9 heteroatoms. The molecule has 3 heterocycles. The molecule has 2 aromatic heterocycles. The lowest BCUT2D eigenvalue weighted by Gasteiger charge is -2.35. The Morgan fingerprint density at radius 1 is 1.10 bits per heavy atom. The topological polar surface area (TPSA) is 102 Å². The van der Waals surface area contributed by atoms with Gasteiger partial charge in [-0.15, -0.1) is 0 Å². The highest BCUT2D eigenvalue weighted by Crippen LogP contribution is 2.20. The van der Waals surface area contributed by atoms with Gasteiger partial charge in [-0.05, 0) is 24.3 Å². The van der Waals surface area contributed by atoms with Crippen molar-refractivity contribution in [3.05, 3.63) is 82.4 Å². The molecule has 1 aliphatic heterocycles. The number of piperazine rings is 1. The van der Waals surface area contributed by atoms with Crippen LogP contribution in [0.4, 0.5) is 11.5 Å². The van der Waals surface area contributed by atoms with Crippen molar-refractivity contribution in [3.8, 4) is 5.75 Å². The zero-order valence-corrected chi connectivity index (χ0v) is 16.1. The van der Waals surface area contributed by atoms with Crippen LogP contribution in [0.5, 0.6) is 5.75 Å². The monoisotopic (exact) mass is 408 g/mol. The Balaban J connectivity index is 1.35. The second kappa shape index (κ2) is 8.64. The summed E-state index contributed by atoms with van der Waals surface area (Å²) in [6.07, 6.45) is 2.74. The minimum atomic E-state index is -0.476. The van der Waals surface area contributed by atoms with Crippen LogP contribution in [-0.4, -0.2) is 46.9 Å². The van der Waals surface area contributed by atoms with Crippen LogP contribution in [0.1, 0.15) is 16.1 Å². The van der Waals surface area contributed by atoms with Gasteiger partial charge >= 0.3 is 0 Å². The van der Waals surface area contributed by atoms with Gasteiger partial charge in [0.15, 0.2) is 5.76 Å². The van der Waals surface area contributed by atoms with Gasteiger partial charge < -0.3 is 19.0 Å². The zero-order valence-electron chi connectivity index (χ0n) is 16.1. The fraction of sp³-hybridized carbons (Fsp3) is 0.238. The molecule has 9 nitrogen and oxygen atoms in total. The van der Waals surface area contributed by atoms with Gasteiger partial charge in [0.1, 0.15) is 24.4 Å². The highest BCUT2D eigenvalue weighted by atomic mass is 16.6. The van der Waals surface area contributed by atoms with E-state index in [-0.39, 0.29) is 24.0 Å². The first-order valence-electron chi connectivity index (χ1n) is 9.51. The number of nitro groups is 1. The summed E-state index contributed by atoms with van der Waals surface area (Å²) in [6.45, 7) is 2.39. The Labute approximate surface area is 172 Å². The largest absolute Gasteiger partial charge is 0.489 e. The first kappa shape index (κ1) is 19.4. The Hall–Kier alpha value is -3.88. The quantitative estimate of drug-likeness (QED) is 0.456. The summed E-state index contributed by atoms with van der Waals surface area (Å²) >= 11 is 0. The molecule has 1 aliphatic rings. The maximum absolute atomic E-state index is 12.9. The molecule has 0 bridgehead atoms. The van der Waals surface area contributed by atoms with Crippen LogP contribution < -0.4 is 9.64 Å². The number of furan rings is 1. The Morgan fingerprint density at radius 2 is 1.87 bits per heavy atom. The van der Waals surface area contributed by atoms with Crippen molar-refractivity contribution in [2.24, 2.45) is 0 Å². The van der Waals surface area contributed by atoms with E-state index in [0.29, 0.717) is 37.6 Å². The molecule has 0 spiro atoms. The molecule has 1 saturated heterocycles. The van der Waals surface area contributed by atoms with E-state index in [4.69, 9.17) is 9.15 Å². The summed E-state index contributed by atoms with van der Waals surface area (Å²) in [5, 5.41) is 10.8. The highest BCUT2D eigenvalue weighted by molar-refractivity contribution is 5.93. The minimum Gasteiger partial charge on any atom is -0.489 e. The van der Waals surface area contributed by atoms with Crippen molar-refractivity contribution in [2.75, 3.05) is 31.1 Å². The number of benzene rings is 1. The van der Waals surface area contributed by atoms with Crippen LogP contribution in [0, 0.1) is 10.1 Å². The van der Waals surface area contributed by atoms with Crippen molar-refractivity contribution in [2.45, 2.75) is 6.61 Å². The van der Waals surface area contributed by atoms with Gasteiger partial charge in [-0.2, -0.15) is 0 Å². The molecular weight excluding hydrogens is 388 g/mol. The Bertz CT molecular complexity index is 1010. The zero-order chi connectivity index (χ0) is 20.9. The molecular formula is C21H20N4O5. The molecule has 1 amide bonds. The second-order valence-corrected chi connectivity index (χ2v) is 6.79. The lowest BCUT2D eigenvalue weighted by Crippen LogP contribution is -2.49. The van der Waals surface area contributed by atoms with Gasteiger partial charge in [0, 0.05) is 37.8 Å². The van der Waals surface area contributed by atoms with Crippen molar-refractivity contribution in [1.82, 2.24) is 9.88 Å². The number of aromatic nitrogens is 1. The van der Waals surface area contributed by atoms with Crippen molar-refractivity contribution in [3.63, 3.8) is 0 Å². The number of carbonyl (C=O) groups excluding carboxylic acids is 1. The Kier molecular flexibility index (Phi) is 5.60. The third-order valence-electron chi connectivity index (χ3n) is 4.91. The number of carbonyl (C=O) groups is 1. The molecule has 0 radical (unpaired) electrons. The molecule has 30 heavy (non-hydrogen) atoms. The molecule has 1 aromatic carbocycles. The maximum Gasteiger partial charge on any atom is 0.290 e. The number of ether oxygens (including phenoxy) is 1. The first-order valence-corrected chi connectivity index (χ1v) is 9.51. The summed E-state index contributed by atoms with van der Waals surface area (Å²) in [4.78, 5) is 31.1. The van der Waals surface area contributed by atoms with Crippen LogP contribution in [-0.2, 0) is 6.61 Å². The van der Waals surface area contributed by atoms with Gasteiger partial charge in [0.05, 0.1) is 11.2 Å². The smallest absolute Gasteiger partial charge is 0.290 e. The lowest BCUT2D eigenvalue weighted by atomic mass is 10.2. The van der Waals surface area contributed by atoms with E-state index in [2.05, 4.69) is 4.98 Å². The van der Waals surface area contributed by atoms with E-state index >= 15 is 0 Å². The average molecular weight is 408 g/mol. The molecule has 0 N–H and O–H groups in total. The highest BCUT2D eigenvalue weighted by Gasteiger charge is 2.27. The molecule has 154 valence electrons. The first-order chi connectivity index (χ1) is 14.6. The number of hydrogen-bond donors (Lipinski definition) is 0. The predicted octanol–water partition coefficient (Wildman–Crippen LogP) is 3.12. The SMILES string of the molecule is O=C(c1occc1COc1ccccc1)N1CCN(c2ccc([N+](=O)[O-])cn2)CC1. The second-order valence-electron chi connectivity index (χ2n) is 6.79. The average Bonchev–Trinajstić information content (AvgIpc) is 3.27. The van der Waals surface area contributed by atoms with Crippen LogP contribution in [0.3, 0.4) is 0 Å². The van der Waals surface area contributed by atoms with Crippen LogP contribution in [0.25, 0.3) is 0 Å². The van der Waals surface area contributed by atoms with E-state index in [1.165, 1.54) is 18.5 Å².